The van der Waals surface area contributed by atoms with Crippen LogP contribution in [0.2, 0.25) is 0 Å². The van der Waals surface area contributed by atoms with Crippen LogP contribution in [0.3, 0.4) is 0 Å². The molecule has 134 valence electrons. The summed E-state index contributed by atoms with van der Waals surface area (Å²) in [5, 5.41) is 10.9. The number of hydrogen-bond acceptors (Lipinski definition) is 5. The van der Waals surface area contributed by atoms with Crippen molar-refractivity contribution in [1.29, 1.82) is 0 Å². The monoisotopic (exact) mass is 364 g/mol. The second-order valence-electron chi connectivity index (χ2n) is 6.53. The fourth-order valence-corrected chi connectivity index (χ4v) is 3.32. The van der Waals surface area contributed by atoms with Gasteiger partial charge in [0.2, 0.25) is 0 Å². The van der Waals surface area contributed by atoms with Gasteiger partial charge in [0.15, 0.2) is 0 Å². The highest BCUT2D eigenvalue weighted by molar-refractivity contribution is 7.92. The summed E-state index contributed by atoms with van der Waals surface area (Å²) in [5.74, 6) is 0.363. The van der Waals surface area contributed by atoms with Crippen LogP contribution < -0.4 is 9.46 Å². The number of nitrogens with zero attached hydrogens (tertiary/aromatic N) is 1. The van der Waals surface area contributed by atoms with Crippen molar-refractivity contribution >= 4 is 21.4 Å². The van der Waals surface area contributed by atoms with Crippen LogP contribution in [0, 0.1) is 10.1 Å². The number of nitro groups is 1. The summed E-state index contributed by atoms with van der Waals surface area (Å²) in [4.78, 5) is 10.0. The van der Waals surface area contributed by atoms with Crippen molar-refractivity contribution in [3.63, 3.8) is 0 Å². The largest absolute Gasteiger partial charge is 0.495 e. The molecule has 0 radical (unpaired) electrons. The maximum atomic E-state index is 12.6. The van der Waals surface area contributed by atoms with E-state index in [0.29, 0.717) is 5.75 Å². The van der Waals surface area contributed by atoms with Gasteiger partial charge in [-0.1, -0.05) is 32.9 Å². The molecular formula is C17H20N2O5S. The minimum Gasteiger partial charge on any atom is -0.495 e. The summed E-state index contributed by atoms with van der Waals surface area (Å²) in [6, 6.07) is 10.1. The molecule has 0 saturated heterocycles. The van der Waals surface area contributed by atoms with Crippen LogP contribution in [0.5, 0.6) is 5.75 Å². The summed E-state index contributed by atoms with van der Waals surface area (Å²) in [7, 11) is -2.56. The molecule has 2 rings (SSSR count). The summed E-state index contributed by atoms with van der Waals surface area (Å²) in [6.07, 6.45) is 0. The zero-order valence-electron chi connectivity index (χ0n) is 14.4. The van der Waals surface area contributed by atoms with Crippen molar-refractivity contribution in [3.8, 4) is 5.75 Å². The Bertz CT molecular complexity index is 901. The zero-order valence-corrected chi connectivity index (χ0v) is 15.3. The molecule has 0 aromatic heterocycles. The molecule has 25 heavy (non-hydrogen) atoms. The third kappa shape index (κ3) is 4.27. The van der Waals surface area contributed by atoms with E-state index in [-0.39, 0.29) is 21.7 Å². The van der Waals surface area contributed by atoms with E-state index >= 15 is 0 Å². The molecule has 0 saturated carbocycles. The minimum absolute atomic E-state index is 0.183. The van der Waals surface area contributed by atoms with E-state index in [0.717, 1.165) is 11.6 Å². The smallest absolute Gasteiger partial charge is 0.270 e. The average Bonchev–Trinajstić information content (AvgIpc) is 2.53. The summed E-state index contributed by atoms with van der Waals surface area (Å²) < 4.78 is 32.9. The summed E-state index contributed by atoms with van der Waals surface area (Å²) >= 11 is 0. The van der Waals surface area contributed by atoms with E-state index in [2.05, 4.69) is 4.72 Å². The summed E-state index contributed by atoms with van der Waals surface area (Å²) in [5.41, 5.74) is 0.725. The van der Waals surface area contributed by atoms with Gasteiger partial charge in [-0.2, -0.15) is 0 Å². The van der Waals surface area contributed by atoms with Crippen molar-refractivity contribution in [2.24, 2.45) is 0 Å². The third-order valence-corrected chi connectivity index (χ3v) is 5.01. The summed E-state index contributed by atoms with van der Waals surface area (Å²) in [6.45, 7) is 6.02. The standard InChI is InChI=1S/C17H20N2O5S/c1-17(2,3)12-8-9-16(24-4)15(10-12)18-25(22,23)14-7-5-6-13(11-14)19(20)21/h5-11,18H,1-4H3. The maximum absolute atomic E-state index is 12.6. The Hall–Kier alpha value is -2.61. The Morgan fingerprint density at radius 1 is 1.12 bits per heavy atom. The molecule has 8 heteroatoms. The van der Waals surface area contributed by atoms with Gasteiger partial charge in [-0.15, -0.1) is 0 Å². The van der Waals surface area contributed by atoms with E-state index in [1.165, 1.54) is 25.3 Å². The van der Waals surface area contributed by atoms with Crippen molar-refractivity contribution in [1.82, 2.24) is 0 Å². The number of hydrogen-bond donors (Lipinski definition) is 1. The first kappa shape index (κ1) is 18.7. The highest BCUT2D eigenvalue weighted by Crippen LogP contribution is 2.33. The fraction of sp³-hybridized carbons (Fsp3) is 0.294. The number of ether oxygens (including phenoxy) is 1. The molecule has 0 aliphatic carbocycles. The van der Waals surface area contributed by atoms with Gasteiger partial charge in [-0.3, -0.25) is 14.8 Å². The number of nitro benzene ring substituents is 1. The molecule has 1 N–H and O–H groups in total. The molecule has 0 aliphatic rings. The SMILES string of the molecule is COc1ccc(C(C)(C)C)cc1NS(=O)(=O)c1cccc([N+](=O)[O-])c1. The molecule has 2 aromatic carbocycles. The van der Waals surface area contributed by atoms with Crippen LogP contribution in [-0.2, 0) is 15.4 Å². The highest BCUT2D eigenvalue weighted by atomic mass is 32.2. The lowest BCUT2D eigenvalue weighted by Gasteiger charge is -2.21. The molecule has 0 atom stereocenters. The van der Waals surface area contributed by atoms with Gasteiger partial charge in [0.25, 0.3) is 15.7 Å². The molecule has 0 fully saturated rings. The fourth-order valence-electron chi connectivity index (χ4n) is 2.22. The number of sulfonamides is 1. The van der Waals surface area contributed by atoms with Gasteiger partial charge in [0.05, 0.1) is 22.6 Å². The second-order valence-corrected chi connectivity index (χ2v) is 8.21. The molecule has 0 amide bonds. The third-order valence-electron chi connectivity index (χ3n) is 3.65. The quantitative estimate of drug-likeness (QED) is 0.644. The van der Waals surface area contributed by atoms with E-state index in [1.54, 1.807) is 12.1 Å². The Balaban J connectivity index is 2.47. The van der Waals surface area contributed by atoms with Gasteiger partial charge in [-0.05, 0) is 29.2 Å². The normalized spacial score (nSPS) is 11.8. The number of non-ortho nitro benzene ring substituents is 1. The van der Waals surface area contributed by atoms with Gasteiger partial charge < -0.3 is 4.74 Å². The Morgan fingerprint density at radius 2 is 1.80 bits per heavy atom. The minimum atomic E-state index is -4.00. The predicted octanol–water partition coefficient (Wildman–Crippen LogP) is 3.70. The van der Waals surface area contributed by atoms with Crippen LogP contribution in [0.25, 0.3) is 0 Å². The molecule has 0 spiro atoms. The molecular weight excluding hydrogens is 344 g/mol. The lowest BCUT2D eigenvalue weighted by molar-refractivity contribution is -0.385. The van der Waals surface area contributed by atoms with Crippen molar-refractivity contribution < 1.29 is 18.1 Å². The predicted molar refractivity (Wildman–Crippen MR) is 95.6 cm³/mol. The van der Waals surface area contributed by atoms with E-state index in [1.807, 2.05) is 26.8 Å². The van der Waals surface area contributed by atoms with E-state index in [9.17, 15) is 18.5 Å². The Morgan fingerprint density at radius 3 is 2.36 bits per heavy atom. The van der Waals surface area contributed by atoms with Gasteiger partial charge in [0.1, 0.15) is 5.75 Å². The van der Waals surface area contributed by atoms with Crippen molar-refractivity contribution in [2.75, 3.05) is 11.8 Å². The number of anilines is 1. The van der Waals surface area contributed by atoms with Crippen molar-refractivity contribution in [3.05, 3.63) is 58.1 Å². The van der Waals surface area contributed by atoms with Crippen LogP contribution in [0.15, 0.2) is 47.4 Å². The lowest BCUT2D eigenvalue weighted by Crippen LogP contribution is -2.16. The Labute approximate surface area is 146 Å². The van der Waals surface area contributed by atoms with Gasteiger partial charge in [-0.25, -0.2) is 8.42 Å². The molecule has 0 bridgehead atoms. The van der Waals surface area contributed by atoms with Crippen LogP contribution in [0.4, 0.5) is 11.4 Å². The second kappa shape index (κ2) is 6.72. The Kier molecular flexibility index (Phi) is 5.03. The number of methoxy groups -OCH3 is 1. The maximum Gasteiger partial charge on any atom is 0.270 e. The molecule has 0 heterocycles. The number of rotatable bonds is 5. The highest BCUT2D eigenvalue weighted by Gasteiger charge is 2.21. The lowest BCUT2D eigenvalue weighted by atomic mass is 9.87. The number of benzene rings is 2. The molecule has 0 unspecified atom stereocenters. The topological polar surface area (TPSA) is 98.5 Å². The van der Waals surface area contributed by atoms with Crippen LogP contribution in [-0.4, -0.2) is 20.5 Å². The van der Waals surface area contributed by atoms with Crippen molar-refractivity contribution in [2.45, 2.75) is 31.1 Å². The zero-order chi connectivity index (χ0) is 18.8. The van der Waals surface area contributed by atoms with Crippen LogP contribution >= 0.6 is 0 Å². The van der Waals surface area contributed by atoms with Gasteiger partial charge >= 0.3 is 0 Å². The first-order valence-electron chi connectivity index (χ1n) is 7.50. The van der Waals surface area contributed by atoms with E-state index in [4.69, 9.17) is 4.74 Å². The molecule has 0 aliphatic heterocycles. The first-order chi connectivity index (χ1) is 11.5. The first-order valence-corrected chi connectivity index (χ1v) is 8.99. The van der Waals surface area contributed by atoms with E-state index < -0.39 is 14.9 Å². The average molecular weight is 364 g/mol. The number of nitrogens with one attached hydrogen (secondary N) is 1. The van der Waals surface area contributed by atoms with Crippen LogP contribution in [0.1, 0.15) is 26.3 Å². The molecule has 7 nitrogen and oxygen atoms in total. The molecule has 2 aromatic rings. The van der Waals surface area contributed by atoms with Gasteiger partial charge in [0, 0.05) is 12.1 Å².